The molecule has 1 aromatic rings. The number of aryl methyl sites for hydroxylation is 1. The first-order chi connectivity index (χ1) is 7.09. The van der Waals surface area contributed by atoms with E-state index in [1.54, 1.807) is 18.4 Å². The van der Waals surface area contributed by atoms with Gasteiger partial charge in [-0.3, -0.25) is 0 Å². The topological polar surface area (TPSA) is 9.23 Å². The van der Waals surface area contributed by atoms with Gasteiger partial charge >= 0.3 is 0 Å². The third-order valence-electron chi connectivity index (χ3n) is 3.35. The molecule has 0 bridgehead atoms. The van der Waals surface area contributed by atoms with Gasteiger partial charge in [0.2, 0.25) is 0 Å². The molecule has 0 aliphatic heterocycles. The van der Waals surface area contributed by atoms with E-state index in [9.17, 15) is 0 Å². The molecule has 0 amide bonds. The molecule has 0 fully saturated rings. The molecule has 86 valence electrons. The smallest absolute Gasteiger partial charge is 0.136 e. The van der Waals surface area contributed by atoms with Crippen molar-refractivity contribution in [3.8, 4) is 5.75 Å². The molecule has 1 heterocycles. The Kier molecular flexibility index (Phi) is 4.21. The van der Waals surface area contributed by atoms with Crippen molar-refractivity contribution in [2.75, 3.05) is 7.11 Å². The lowest BCUT2D eigenvalue weighted by atomic mass is 9.77. The molecule has 0 aliphatic rings. The summed E-state index contributed by atoms with van der Waals surface area (Å²) >= 11 is 1.80. The van der Waals surface area contributed by atoms with Crippen molar-refractivity contribution in [1.29, 1.82) is 0 Å². The Hall–Kier alpha value is -0.500. The Morgan fingerprint density at radius 1 is 1.40 bits per heavy atom. The summed E-state index contributed by atoms with van der Waals surface area (Å²) in [6.07, 6.45) is 3.63. The predicted octanol–water partition coefficient (Wildman–Crippen LogP) is 4.53. The lowest BCUT2D eigenvalue weighted by Gasteiger charge is -2.28. The second-order valence-electron chi connectivity index (χ2n) is 4.40. The highest BCUT2D eigenvalue weighted by Gasteiger charge is 2.28. The number of hydrogen-bond acceptors (Lipinski definition) is 2. The third-order valence-corrected chi connectivity index (χ3v) is 4.25. The van der Waals surface area contributed by atoms with E-state index in [0.717, 1.165) is 5.75 Å². The van der Waals surface area contributed by atoms with Crippen molar-refractivity contribution in [1.82, 2.24) is 0 Å². The van der Waals surface area contributed by atoms with Gasteiger partial charge < -0.3 is 4.74 Å². The van der Waals surface area contributed by atoms with E-state index < -0.39 is 0 Å². The van der Waals surface area contributed by atoms with Crippen LogP contribution in [0.3, 0.4) is 0 Å². The molecule has 0 N–H and O–H groups in total. The van der Waals surface area contributed by atoms with E-state index in [1.165, 1.54) is 29.7 Å². The maximum Gasteiger partial charge on any atom is 0.136 e. The van der Waals surface area contributed by atoms with Crippen LogP contribution in [0.5, 0.6) is 5.75 Å². The summed E-state index contributed by atoms with van der Waals surface area (Å²) in [6, 6.07) is 0. The second kappa shape index (κ2) is 5.02. The molecule has 0 radical (unpaired) electrons. The summed E-state index contributed by atoms with van der Waals surface area (Å²) < 4.78 is 5.52. The van der Waals surface area contributed by atoms with Gasteiger partial charge in [0.15, 0.2) is 0 Å². The molecule has 15 heavy (non-hydrogen) atoms. The van der Waals surface area contributed by atoms with Crippen LogP contribution in [0.2, 0.25) is 0 Å². The van der Waals surface area contributed by atoms with Gasteiger partial charge in [-0.1, -0.05) is 27.2 Å². The van der Waals surface area contributed by atoms with Gasteiger partial charge in [0.05, 0.1) is 7.11 Å². The van der Waals surface area contributed by atoms with Gasteiger partial charge in [-0.05, 0) is 30.6 Å². The van der Waals surface area contributed by atoms with Crippen LogP contribution in [0.15, 0.2) is 5.38 Å². The molecule has 1 unspecified atom stereocenters. The SMILES string of the molecule is CCCC(C)(CC)c1csc(C)c1OC. The van der Waals surface area contributed by atoms with E-state index in [1.807, 2.05) is 0 Å². The molecule has 0 saturated carbocycles. The van der Waals surface area contributed by atoms with Gasteiger partial charge in [0, 0.05) is 10.4 Å². The first-order valence-corrected chi connectivity index (χ1v) is 6.59. The number of hydrogen-bond donors (Lipinski definition) is 0. The lowest BCUT2D eigenvalue weighted by molar-refractivity contribution is 0.365. The van der Waals surface area contributed by atoms with Crippen LogP contribution in [0.1, 0.15) is 50.5 Å². The minimum atomic E-state index is 0.283. The zero-order valence-electron chi connectivity index (χ0n) is 10.5. The molecular weight excluding hydrogens is 204 g/mol. The van der Waals surface area contributed by atoms with Crippen molar-refractivity contribution in [2.45, 2.75) is 52.4 Å². The first-order valence-electron chi connectivity index (χ1n) is 5.71. The standard InChI is InChI=1S/C13H22OS/c1-6-8-13(4,7-2)11-9-15-10(3)12(11)14-5/h9H,6-8H2,1-5H3. The molecule has 2 heteroatoms. The zero-order valence-corrected chi connectivity index (χ0v) is 11.3. The summed E-state index contributed by atoms with van der Waals surface area (Å²) in [7, 11) is 1.78. The van der Waals surface area contributed by atoms with Crippen LogP contribution in [0, 0.1) is 6.92 Å². The Morgan fingerprint density at radius 2 is 2.07 bits per heavy atom. The van der Waals surface area contributed by atoms with Crippen LogP contribution < -0.4 is 4.74 Å². The lowest BCUT2D eigenvalue weighted by Crippen LogP contribution is -2.20. The van der Waals surface area contributed by atoms with Gasteiger partial charge in [-0.2, -0.15) is 0 Å². The van der Waals surface area contributed by atoms with Crippen LogP contribution in [0.25, 0.3) is 0 Å². The molecule has 1 nitrogen and oxygen atoms in total. The van der Waals surface area contributed by atoms with Crippen molar-refractivity contribution < 1.29 is 4.74 Å². The number of thiophene rings is 1. The van der Waals surface area contributed by atoms with Crippen molar-refractivity contribution in [3.05, 3.63) is 15.8 Å². The number of methoxy groups -OCH3 is 1. The summed E-state index contributed by atoms with van der Waals surface area (Å²) in [5.74, 6) is 1.11. The maximum absolute atomic E-state index is 5.52. The van der Waals surface area contributed by atoms with E-state index in [2.05, 4.69) is 33.1 Å². The minimum Gasteiger partial charge on any atom is -0.495 e. The van der Waals surface area contributed by atoms with Gasteiger partial charge in [-0.25, -0.2) is 0 Å². The normalized spacial score (nSPS) is 15.0. The quantitative estimate of drug-likeness (QED) is 0.716. The summed E-state index contributed by atoms with van der Waals surface area (Å²) in [5.41, 5.74) is 1.68. The molecule has 1 atom stereocenters. The third kappa shape index (κ3) is 2.36. The highest BCUT2D eigenvalue weighted by Crippen LogP contribution is 2.42. The highest BCUT2D eigenvalue weighted by atomic mass is 32.1. The van der Waals surface area contributed by atoms with E-state index >= 15 is 0 Å². The largest absolute Gasteiger partial charge is 0.495 e. The molecule has 0 saturated heterocycles. The second-order valence-corrected chi connectivity index (χ2v) is 5.49. The van der Waals surface area contributed by atoms with Crippen LogP contribution >= 0.6 is 11.3 Å². The predicted molar refractivity (Wildman–Crippen MR) is 68.2 cm³/mol. The van der Waals surface area contributed by atoms with Crippen LogP contribution in [-0.2, 0) is 5.41 Å². The minimum absolute atomic E-state index is 0.283. The van der Waals surface area contributed by atoms with Gasteiger partial charge in [0.25, 0.3) is 0 Å². The van der Waals surface area contributed by atoms with Crippen molar-refractivity contribution >= 4 is 11.3 Å². The zero-order chi connectivity index (χ0) is 11.5. The van der Waals surface area contributed by atoms with Crippen molar-refractivity contribution in [3.63, 3.8) is 0 Å². The van der Waals surface area contributed by atoms with Gasteiger partial charge in [-0.15, -0.1) is 11.3 Å². The Labute approximate surface area is 97.5 Å². The van der Waals surface area contributed by atoms with Crippen LogP contribution in [0.4, 0.5) is 0 Å². The molecule has 0 aliphatic carbocycles. The fourth-order valence-corrected chi connectivity index (χ4v) is 3.15. The van der Waals surface area contributed by atoms with E-state index in [0.29, 0.717) is 0 Å². The monoisotopic (exact) mass is 226 g/mol. The fraction of sp³-hybridized carbons (Fsp3) is 0.692. The summed E-state index contributed by atoms with van der Waals surface area (Å²) in [5, 5.41) is 2.27. The number of ether oxygens (including phenoxy) is 1. The molecular formula is C13H22OS. The van der Waals surface area contributed by atoms with Crippen LogP contribution in [-0.4, -0.2) is 7.11 Å². The van der Waals surface area contributed by atoms with E-state index in [-0.39, 0.29) is 5.41 Å². The highest BCUT2D eigenvalue weighted by molar-refractivity contribution is 7.10. The molecule has 0 spiro atoms. The number of rotatable bonds is 5. The molecule has 1 aromatic heterocycles. The summed E-state index contributed by atoms with van der Waals surface area (Å²) in [4.78, 5) is 1.29. The van der Waals surface area contributed by atoms with Gasteiger partial charge in [0.1, 0.15) is 5.75 Å². The Morgan fingerprint density at radius 3 is 2.53 bits per heavy atom. The maximum atomic E-state index is 5.52. The summed E-state index contributed by atoms with van der Waals surface area (Å²) in [6.45, 7) is 9.00. The van der Waals surface area contributed by atoms with Crippen molar-refractivity contribution in [2.24, 2.45) is 0 Å². The average molecular weight is 226 g/mol. The fourth-order valence-electron chi connectivity index (χ4n) is 2.17. The Bertz CT molecular complexity index is 316. The average Bonchev–Trinajstić information content (AvgIpc) is 2.60. The molecule has 1 rings (SSSR count). The first kappa shape index (κ1) is 12.6. The Balaban J connectivity index is 3.11. The van der Waals surface area contributed by atoms with E-state index in [4.69, 9.17) is 4.74 Å². The molecule has 0 aromatic carbocycles.